The van der Waals surface area contributed by atoms with Crippen molar-refractivity contribution in [1.29, 1.82) is 0 Å². The van der Waals surface area contributed by atoms with Gasteiger partial charge in [-0.3, -0.25) is 0 Å². The molecule has 0 saturated heterocycles. The maximum Gasteiger partial charge on any atom is -0.0198 e. The normalized spacial score (nSPS) is 47.2. The number of hydrogen-bond acceptors (Lipinski definition) is 0. The molecule has 4 aliphatic carbocycles. The van der Waals surface area contributed by atoms with Gasteiger partial charge >= 0.3 is 0 Å². The lowest BCUT2D eigenvalue weighted by Gasteiger charge is -2.47. The van der Waals surface area contributed by atoms with Crippen LogP contribution >= 0.6 is 0 Å². The van der Waals surface area contributed by atoms with Crippen molar-refractivity contribution in [2.45, 2.75) is 39.0 Å². The summed E-state index contributed by atoms with van der Waals surface area (Å²) in [4.78, 5) is 0. The Balaban J connectivity index is 2.07. The average Bonchev–Trinajstić information content (AvgIpc) is 1.98. The monoisotopic (exact) mass is 148 g/mol. The van der Waals surface area contributed by atoms with Gasteiger partial charge in [-0.2, -0.15) is 0 Å². The highest BCUT2D eigenvalue weighted by Gasteiger charge is 2.39. The van der Waals surface area contributed by atoms with Crippen LogP contribution in [-0.4, -0.2) is 0 Å². The Labute approximate surface area is 68.7 Å². The van der Waals surface area contributed by atoms with Gasteiger partial charge in [-0.25, -0.2) is 0 Å². The topological polar surface area (TPSA) is 0 Å². The SMILES string of the molecule is CC1=C2C[C@@H]3CC1C[C@H](C2)C3. The van der Waals surface area contributed by atoms with Crippen LogP contribution in [0.15, 0.2) is 11.1 Å². The minimum Gasteiger partial charge on any atom is -0.0710 e. The van der Waals surface area contributed by atoms with Crippen LogP contribution in [0.5, 0.6) is 0 Å². The van der Waals surface area contributed by atoms with Gasteiger partial charge in [0.15, 0.2) is 0 Å². The lowest BCUT2D eigenvalue weighted by Crippen LogP contribution is -2.34. The molecule has 0 aromatic heterocycles. The predicted molar refractivity (Wildman–Crippen MR) is 46.3 cm³/mol. The van der Waals surface area contributed by atoms with E-state index in [1.54, 1.807) is 12.0 Å². The van der Waals surface area contributed by atoms with Crippen molar-refractivity contribution in [1.82, 2.24) is 0 Å². The van der Waals surface area contributed by atoms with Crippen LogP contribution < -0.4 is 0 Å². The molecule has 0 N–H and O–H groups in total. The molecule has 4 bridgehead atoms. The zero-order chi connectivity index (χ0) is 7.42. The molecule has 0 heterocycles. The Morgan fingerprint density at radius 3 is 2.18 bits per heavy atom. The summed E-state index contributed by atoms with van der Waals surface area (Å²) < 4.78 is 0. The van der Waals surface area contributed by atoms with Crippen molar-refractivity contribution in [3.63, 3.8) is 0 Å². The molecule has 0 radical (unpaired) electrons. The Morgan fingerprint density at radius 2 is 1.64 bits per heavy atom. The molecule has 2 fully saturated rings. The minimum atomic E-state index is 1.02. The first-order valence-electron chi connectivity index (χ1n) is 5.01. The van der Waals surface area contributed by atoms with Crippen molar-refractivity contribution in [3.05, 3.63) is 11.1 Å². The molecule has 0 aromatic rings. The van der Waals surface area contributed by atoms with Gasteiger partial charge in [-0.15, -0.1) is 0 Å². The summed E-state index contributed by atoms with van der Waals surface area (Å²) in [5, 5.41) is 0. The smallest absolute Gasteiger partial charge is 0.0198 e. The molecule has 60 valence electrons. The summed E-state index contributed by atoms with van der Waals surface area (Å²) in [7, 11) is 0. The highest BCUT2D eigenvalue weighted by atomic mass is 14.4. The van der Waals surface area contributed by atoms with Gasteiger partial charge in [0, 0.05) is 0 Å². The van der Waals surface area contributed by atoms with Gasteiger partial charge < -0.3 is 0 Å². The van der Waals surface area contributed by atoms with Crippen LogP contribution in [0, 0.1) is 17.8 Å². The zero-order valence-corrected chi connectivity index (χ0v) is 7.27. The van der Waals surface area contributed by atoms with Gasteiger partial charge in [0.1, 0.15) is 0 Å². The molecular weight excluding hydrogens is 132 g/mol. The fraction of sp³-hybridized carbons (Fsp3) is 0.818. The Kier molecular flexibility index (Phi) is 1.09. The van der Waals surface area contributed by atoms with E-state index in [0.29, 0.717) is 0 Å². The van der Waals surface area contributed by atoms with Crippen LogP contribution in [0.25, 0.3) is 0 Å². The van der Waals surface area contributed by atoms with E-state index in [-0.39, 0.29) is 0 Å². The second-order valence-electron chi connectivity index (χ2n) is 4.83. The average molecular weight is 148 g/mol. The Morgan fingerprint density at radius 1 is 1.00 bits per heavy atom. The summed E-state index contributed by atoms with van der Waals surface area (Å²) in [5.74, 6) is 3.23. The first-order valence-corrected chi connectivity index (χ1v) is 5.01. The van der Waals surface area contributed by atoms with Crippen molar-refractivity contribution < 1.29 is 0 Å². The van der Waals surface area contributed by atoms with Crippen molar-refractivity contribution >= 4 is 0 Å². The van der Waals surface area contributed by atoms with Gasteiger partial charge in [0.05, 0.1) is 0 Å². The predicted octanol–water partition coefficient (Wildman–Crippen LogP) is 3.14. The molecule has 3 atom stereocenters. The molecule has 1 unspecified atom stereocenters. The van der Waals surface area contributed by atoms with Crippen molar-refractivity contribution in [2.75, 3.05) is 0 Å². The molecule has 0 aliphatic heterocycles. The van der Waals surface area contributed by atoms with Crippen LogP contribution in [0.4, 0.5) is 0 Å². The minimum absolute atomic E-state index is 1.02. The van der Waals surface area contributed by atoms with E-state index < -0.39 is 0 Å². The van der Waals surface area contributed by atoms with Gasteiger partial charge in [-0.05, 0) is 56.8 Å². The molecule has 0 amide bonds. The standard InChI is InChI=1S/C11H16/c1-7-10-3-8-2-9(5-10)6-11(7)4-8/h8-10H,2-6H2,1H3/t8-,9+,10?. The fourth-order valence-corrected chi connectivity index (χ4v) is 3.64. The third kappa shape index (κ3) is 0.758. The molecule has 0 nitrogen and oxygen atoms in total. The van der Waals surface area contributed by atoms with Crippen LogP contribution in [0.1, 0.15) is 39.0 Å². The first kappa shape index (κ1) is 6.28. The second kappa shape index (κ2) is 1.91. The lowest BCUT2D eigenvalue weighted by molar-refractivity contribution is 0.157. The summed E-state index contributed by atoms with van der Waals surface area (Å²) in [5.41, 5.74) is 3.64. The van der Waals surface area contributed by atoms with Gasteiger partial charge in [-0.1, -0.05) is 11.1 Å². The maximum atomic E-state index is 2.39. The van der Waals surface area contributed by atoms with E-state index in [2.05, 4.69) is 6.92 Å². The quantitative estimate of drug-likeness (QED) is 0.463. The number of hydrogen-bond donors (Lipinski definition) is 0. The zero-order valence-electron chi connectivity index (χ0n) is 7.27. The third-order valence-electron chi connectivity index (χ3n) is 4.14. The van der Waals surface area contributed by atoms with E-state index >= 15 is 0 Å². The molecule has 2 saturated carbocycles. The van der Waals surface area contributed by atoms with E-state index in [1.165, 1.54) is 25.7 Å². The van der Waals surface area contributed by atoms with Crippen LogP contribution in [-0.2, 0) is 0 Å². The highest BCUT2D eigenvalue weighted by molar-refractivity contribution is 5.25. The molecular formula is C11H16. The van der Waals surface area contributed by atoms with Crippen LogP contribution in [0.3, 0.4) is 0 Å². The van der Waals surface area contributed by atoms with E-state index in [4.69, 9.17) is 0 Å². The van der Waals surface area contributed by atoms with E-state index in [1.807, 2.05) is 5.57 Å². The second-order valence-corrected chi connectivity index (χ2v) is 4.83. The number of rotatable bonds is 0. The molecule has 4 aliphatic rings. The van der Waals surface area contributed by atoms with Crippen molar-refractivity contribution in [3.8, 4) is 0 Å². The van der Waals surface area contributed by atoms with E-state index in [9.17, 15) is 0 Å². The molecule has 0 spiro atoms. The molecule has 4 rings (SSSR count). The Bertz CT molecular complexity index is 208. The van der Waals surface area contributed by atoms with Gasteiger partial charge in [0.25, 0.3) is 0 Å². The van der Waals surface area contributed by atoms with Crippen LogP contribution in [0.2, 0.25) is 0 Å². The highest BCUT2D eigenvalue weighted by Crippen LogP contribution is 2.53. The van der Waals surface area contributed by atoms with Gasteiger partial charge in [0.2, 0.25) is 0 Å². The first-order chi connectivity index (χ1) is 5.33. The van der Waals surface area contributed by atoms with E-state index in [0.717, 1.165) is 17.8 Å². The van der Waals surface area contributed by atoms with Crippen molar-refractivity contribution in [2.24, 2.45) is 17.8 Å². The molecule has 11 heavy (non-hydrogen) atoms. The largest absolute Gasteiger partial charge is 0.0710 e. The summed E-state index contributed by atoms with van der Waals surface area (Å²) >= 11 is 0. The summed E-state index contributed by atoms with van der Waals surface area (Å²) in [6, 6.07) is 0. The Hall–Kier alpha value is -0.260. The maximum absolute atomic E-state index is 2.39. The number of allylic oxidation sites excluding steroid dienone is 2. The molecule has 0 heteroatoms. The summed E-state index contributed by atoms with van der Waals surface area (Å²) in [6.07, 6.45) is 7.57. The third-order valence-corrected chi connectivity index (χ3v) is 4.14. The summed E-state index contributed by atoms with van der Waals surface area (Å²) in [6.45, 7) is 2.39. The lowest BCUT2D eigenvalue weighted by atomic mass is 9.59. The molecule has 0 aromatic carbocycles. The fourth-order valence-electron chi connectivity index (χ4n) is 3.64.